The molecule has 1 rings (SSSR count). The van der Waals surface area contributed by atoms with Gasteiger partial charge in [-0.2, -0.15) is 0 Å². The average Bonchev–Trinajstić information content (AvgIpc) is 2.51. The number of hydrogen-bond donors (Lipinski definition) is 1. The largest absolute Gasteiger partial charge is 0.383 e. The van der Waals surface area contributed by atoms with Crippen molar-refractivity contribution in [3.8, 4) is 0 Å². The zero-order valence-corrected chi connectivity index (χ0v) is 8.61. The zero-order chi connectivity index (χ0) is 9.19. The number of hydrogen-bond acceptors (Lipinski definition) is 3. The van der Waals surface area contributed by atoms with Gasteiger partial charge in [-0.05, 0) is 19.8 Å². The summed E-state index contributed by atoms with van der Waals surface area (Å²) in [4.78, 5) is 4.29. The first-order valence-electron chi connectivity index (χ1n) is 4.27. The Balaban J connectivity index is 2.94. The van der Waals surface area contributed by atoms with Crippen molar-refractivity contribution in [2.45, 2.75) is 39.2 Å². The summed E-state index contributed by atoms with van der Waals surface area (Å²) in [6.07, 6.45) is 1.47. The van der Waals surface area contributed by atoms with Gasteiger partial charge in [-0.25, -0.2) is 4.98 Å². The van der Waals surface area contributed by atoms with Crippen LogP contribution in [0.3, 0.4) is 0 Å². The standard InChI is InChI=1S/C9H15NOS/c1-4-9(11,5-2)8-10-7(3)6-12-8/h6,11H,4-5H2,1-3H3. The maximum atomic E-state index is 10.1. The van der Waals surface area contributed by atoms with Gasteiger partial charge in [0.15, 0.2) is 0 Å². The lowest BCUT2D eigenvalue weighted by atomic mass is 9.99. The van der Waals surface area contributed by atoms with Crippen LogP contribution in [-0.4, -0.2) is 10.1 Å². The van der Waals surface area contributed by atoms with Gasteiger partial charge in [-0.1, -0.05) is 13.8 Å². The van der Waals surface area contributed by atoms with Crippen molar-refractivity contribution in [3.63, 3.8) is 0 Å². The van der Waals surface area contributed by atoms with Crippen LogP contribution < -0.4 is 0 Å². The Labute approximate surface area is 77.3 Å². The molecule has 0 saturated carbocycles. The molecule has 0 aliphatic heterocycles. The molecule has 68 valence electrons. The normalized spacial score (nSPS) is 12.0. The molecule has 0 saturated heterocycles. The van der Waals surface area contributed by atoms with Gasteiger partial charge in [-0.15, -0.1) is 11.3 Å². The molecule has 0 atom stereocenters. The molecular weight excluding hydrogens is 170 g/mol. The van der Waals surface area contributed by atoms with Gasteiger partial charge in [0.05, 0.1) is 0 Å². The Morgan fingerprint density at radius 3 is 2.42 bits per heavy atom. The van der Waals surface area contributed by atoms with E-state index in [1.54, 1.807) is 11.3 Å². The third-order valence-corrected chi connectivity index (χ3v) is 3.34. The first-order valence-corrected chi connectivity index (χ1v) is 5.15. The van der Waals surface area contributed by atoms with Gasteiger partial charge >= 0.3 is 0 Å². The molecule has 0 bridgehead atoms. The van der Waals surface area contributed by atoms with Crippen LogP contribution in [0.1, 0.15) is 37.4 Å². The number of aryl methyl sites for hydroxylation is 1. The Kier molecular flexibility index (Phi) is 2.85. The van der Waals surface area contributed by atoms with E-state index in [2.05, 4.69) is 4.98 Å². The van der Waals surface area contributed by atoms with Crippen LogP contribution in [0, 0.1) is 6.92 Å². The van der Waals surface area contributed by atoms with Crippen molar-refractivity contribution in [3.05, 3.63) is 16.1 Å². The van der Waals surface area contributed by atoms with E-state index in [9.17, 15) is 5.11 Å². The number of aromatic nitrogens is 1. The molecule has 0 aliphatic rings. The number of thiazole rings is 1. The highest BCUT2D eigenvalue weighted by Crippen LogP contribution is 2.30. The van der Waals surface area contributed by atoms with E-state index in [0.717, 1.165) is 23.5 Å². The Hall–Kier alpha value is -0.410. The van der Waals surface area contributed by atoms with Crippen molar-refractivity contribution in [1.29, 1.82) is 0 Å². The van der Waals surface area contributed by atoms with Gasteiger partial charge in [0.25, 0.3) is 0 Å². The molecule has 0 amide bonds. The van der Waals surface area contributed by atoms with E-state index in [1.807, 2.05) is 26.2 Å². The molecule has 2 nitrogen and oxygen atoms in total. The summed E-state index contributed by atoms with van der Waals surface area (Å²) in [6.45, 7) is 5.92. The molecule has 0 spiro atoms. The lowest BCUT2D eigenvalue weighted by Gasteiger charge is -2.21. The molecule has 0 fully saturated rings. The zero-order valence-electron chi connectivity index (χ0n) is 7.79. The van der Waals surface area contributed by atoms with Crippen LogP contribution in [0.25, 0.3) is 0 Å². The minimum Gasteiger partial charge on any atom is -0.383 e. The monoisotopic (exact) mass is 185 g/mol. The average molecular weight is 185 g/mol. The molecule has 3 heteroatoms. The predicted molar refractivity (Wildman–Crippen MR) is 51.3 cm³/mol. The smallest absolute Gasteiger partial charge is 0.125 e. The summed E-state index contributed by atoms with van der Waals surface area (Å²) in [6, 6.07) is 0. The van der Waals surface area contributed by atoms with Crippen molar-refractivity contribution in [2.75, 3.05) is 0 Å². The second kappa shape index (κ2) is 3.54. The lowest BCUT2D eigenvalue weighted by Crippen LogP contribution is -2.23. The topological polar surface area (TPSA) is 33.1 Å². The van der Waals surface area contributed by atoms with E-state index in [0.29, 0.717) is 0 Å². The minimum absolute atomic E-state index is 0.696. The summed E-state index contributed by atoms with van der Waals surface area (Å²) < 4.78 is 0. The summed E-state index contributed by atoms with van der Waals surface area (Å²) >= 11 is 1.54. The first kappa shape index (κ1) is 9.68. The molecule has 1 N–H and O–H groups in total. The maximum Gasteiger partial charge on any atom is 0.125 e. The fraction of sp³-hybridized carbons (Fsp3) is 0.667. The van der Waals surface area contributed by atoms with Crippen molar-refractivity contribution < 1.29 is 5.11 Å². The Bertz CT molecular complexity index is 253. The third kappa shape index (κ3) is 1.67. The van der Waals surface area contributed by atoms with Gasteiger partial charge in [-0.3, -0.25) is 0 Å². The second-order valence-corrected chi connectivity index (χ2v) is 3.89. The molecule has 0 aliphatic carbocycles. The van der Waals surface area contributed by atoms with Crippen LogP contribution in [-0.2, 0) is 5.60 Å². The van der Waals surface area contributed by atoms with E-state index in [-0.39, 0.29) is 0 Å². The Morgan fingerprint density at radius 2 is 2.08 bits per heavy atom. The highest BCUT2D eigenvalue weighted by atomic mass is 32.1. The SMILES string of the molecule is CCC(O)(CC)c1nc(C)cs1. The highest BCUT2D eigenvalue weighted by molar-refractivity contribution is 7.09. The van der Waals surface area contributed by atoms with Gasteiger partial charge in [0.2, 0.25) is 0 Å². The molecule has 12 heavy (non-hydrogen) atoms. The van der Waals surface area contributed by atoms with Crippen LogP contribution in [0.4, 0.5) is 0 Å². The van der Waals surface area contributed by atoms with Crippen molar-refractivity contribution >= 4 is 11.3 Å². The quantitative estimate of drug-likeness (QED) is 0.784. The van der Waals surface area contributed by atoms with Gasteiger partial charge in [0, 0.05) is 11.1 Å². The summed E-state index contributed by atoms with van der Waals surface area (Å²) in [5, 5.41) is 12.9. The number of nitrogens with zero attached hydrogens (tertiary/aromatic N) is 1. The van der Waals surface area contributed by atoms with E-state index in [1.165, 1.54) is 0 Å². The van der Waals surface area contributed by atoms with Crippen LogP contribution in [0.5, 0.6) is 0 Å². The first-order chi connectivity index (χ1) is 5.62. The third-order valence-electron chi connectivity index (χ3n) is 2.19. The van der Waals surface area contributed by atoms with Crippen LogP contribution in [0.2, 0.25) is 0 Å². The summed E-state index contributed by atoms with van der Waals surface area (Å²) in [7, 11) is 0. The highest BCUT2D eigenvalue weighted by Gasteiger charge is 2.27. The van der Waals surface area contributed by atoms with E-state index >= 15 is 0 Å². The maximum absolute atomic E-state index is 10.1. The molecule has 1 aromatic heterocycles. The molecule has 0 unspecified atom stereocenters. The molecule has 1 heterocycles. The summed E-state index contributed by atoms with van der Waals surface area (Å²) in [5.41, 5.74) is 0.300. The van der Waals surface area contributed by atoms with Crippen LogP contribution >= 0.6 is 11.3 Å². The Morgan fingerprint density at radius 1 is 1.50 bits per heavy atom. The lowest BCUT2D eigenvalue weighted by molar-refractivity contribution is 0.0280. The number of rotatable bonds is 3. The molecule has 0 aromatic carbocycles. The molecule has 0 radical (unpaired) electrons. The predicted octanol–water partition coefficient (Wildman–Crippen LogP) is 2.46. The fourth-order valence-corrected chi connectivity index (χ4v) is 2.16. The minimum atomic E-state index is -0.696. The fourth-order valence-electron chi connectivity index (χ4n) is 1.12. The number of aliphatic hydroxyl groups is 1. The van der Waals surface area contributed by atoms with Crippen molar-refractivity contribution in [1.82, 2.24) is 4.98 Å². The van der Waals surface area contributed by atoms with Gasteiger partial charge < -0.3 is 5.11 Å². The molecular formula is C9H15NOS. The van der Waals surface area contributed by atoms with E-state index in [4.69, 9.17) is 0 Å². The van der Waals surface area contributed by atoms with Crippen LogP contribution in [0.15, 0.2) is 5.38 Å². The van der Waals surface area contributed by atoms with Gasteiger partial charge in [0.1, 0.15) is 10.6 Å². The summed E-state index contributed by atoms with van der Waals surface area (Å²) in [5.74, 6) is 0. The van der Waals surface area contributed by atoms with Crippen molar-refractivity contribution in [2.24, 2.45) is 0 Å². The molecule has 1 aromatic rings. The second-order valence-electron chi connectivity index (χ2n) is 3.03. The van der Waals surface area contributed by atoms with E-state index < -0.39 is 5.60 Å².